The summed E-state index contributed by atoms with van der Waals surface area (Å²) < 4.78 is 5.43. The number of likely N-dealkylation sites (N-methyl/N-ethyl adjacent to an activating group) is 1. The highest BCUT2D eigenvalue weighted by atomic mass is 16.5. The fourth-order valence-electron chi connectivity index (χ4n) is 1.90. The van der Waals surface area contributed by atoms with Gasteiger partial charge in [-0.3, -0.25) is 0 Å². The summed E-state index contributed by atoms with van der Waals surface area (Å²) in [6.45, 7) is 8.55. The largest absolute Gasteiger partial charge is 0.496 e. The molecule has 0 aliphatic carbocycles. The van der Waals surface area contributed by atoms with Gasteiger partial charge < -0.3 is 15.8 Å². The summed E-state index contributed by atoms with van der Waals surface area (Å²) in [4.78, 5) is 0. The van der Waals surface area contributed by atoms with Gasteiger partial charge in [0, 0.05) is 11.1 Å². The molecule has 1 aromatic carbocycles. The Bertz CT molecular complexity index is 399. The van der Waals surface area contributed by atoms with Gasteiger partial charge in [-0.15, -0.1) is 0 Å². The molecule has 0 saturated carbocycles. The van der Waals surface area contributed by atoms with Gasteiger partial charge >= 0.3 is 0 Å². The SMILES string of the molecule is CNC(C)(C)C(N)c1cc(C(C)C)ccc1OC. The van der Waals surface area contributed by atoms with E-state index in [2.05, 4.69) is 45.1 Å². The summed E-state index contributed by atoms with van der Waals surface area (Å²) in [5.41, 5.74) is 8.55. The minimum absolute atomic E-state index is 0.115. The molecule has 3 nitrogen and oxygen atoms in total. The Hall–Kier alpha value is -1.06. The summed E-state index contributed by atoms with van der Waals surface area (Å²) in [6.07, 6.45) is 0. The zero-order chi connectivity index (χ0) is 13.9. The molecular formula is C15H26N2O. The summed E-state index contributed by atoms with van der Waals surface area (Å²) >= 11 is 0. The van der Waals surface area contributed by atoms with Crippen LogP contribution in [0.3, 0.4) is 0 Å². The molecule has 0 bridgehead atoms. The molecule has 0 radical (unpaired) electrons. The standard InChI is InChI=1S/C15H26N2O/c1-10(2)11-7-8-13(18-6)12(9-11)14(16)15(3,4)17-5/h7-10,14,17H,16H2,1-6H3. The molecule has 0 fully saturated rings. The topological polar surface area (TPSA) is 47.3 Å². The zero-order valence-electron chi connectivity index (χ0n) is 12.4. The number of nitrogens with one attached hydrogen (secondary N) is 1. The van der Waals surface area contributed by atoms with Gasteiger partial charge in [0.1, 0.15) is 5.75 Å². The van der Waals surface area contributed by atoms with Gasteiger partial charge in [-0.05, 0) is 38.4 Å². The van der Waals surface area contributed by atoms with Gasteiger partial charge in [0.15, 0.2) is 0 Å². The second kappa shape index (κ2) is 5.72. The molecule has 0 heterocycles. The third-order valence-electron chi connectivity index (χ3n) is 3.68. The van der Waals surface area contributed by atoms with Crippen LogP contribution in [0.5, 0.6) is 5.75 Å². The first-order chi connectivity index (χ1) is 8.33. The normalized spacial score (nSPS) is 13.8. The lowest BCUT2D eigenvalue weighted by atomic mass is 9.87. The van der Waals surface area contributed by atoms with E-state index in [1.807, 2.05) is 13.1 Å². The third-order valence-corrected chi connectivity index (χ3v) is 3.68. The van der Waals surface area contributed by atoms with Gasteiger partial charge in [-0.1, -0.05) is 26.0 Å². The minimum Gasteiger partial charge on any atom is -0.496 e. The lowest BCUT2D eigenvalue weighted by Gasteiger charge is -2.32. The van der Waals surface area contributed by atoms with Crippen molar-refractivity contribution in [1.29, 1.82) is 0 Å². The highest BCUT2D eigenvalue weighted by Crippen LogP contribution is 2.32. The first-order valence-corrected chi connectivity index (χ1v) is 6.45. The van der Waals surface area contributed by atoms with Crippen LogP contribution in [0.15, 0.2) is 18.2 Å². The van der Waals surface area contributed by atoms with Gasteiger partial charge in [0.2, 0.25) is 0 Å². The molecule has 0 aliphatic rings. The van der Waals surface area contributed by atoms with Crippen LogP contribution < -0.4 is 15.8 Å². The van der Waals surface area contributed by atoms with Crippen molar-refractivity contribution in [3.05, 3.63) is 29.3 Å². The maximum Gasteiger partial charge on any atom is 0.123 e. The predicted octanol–water partition coefficient (Wildman–Crippen LogP) is 2.82. The van der Waals surface area contributed by atoms with Crippen molar-refractivity contribution in [2.24, 2.45) is 5.73 Å². The molecule has 3 heteroatoms. The molecule has 0 aliphatic heterocycles. The van der Waals surface area contributed by atoms with Crippen LogP contribution in [0.25, 0.3) is 0 Å². The van der Waals surface area contributed by atoms with Crippen LogP contribution >= 0.6 is 0 Å². The molecule has 0 aromatic heterocycles. The van der Waals surface area contributed by atoms with E-state index < -0.39 is 0 Å². The van der Waals surface area contributed by atoms with Crippen LogP contribution in [0.4, 0.5) is 0 Å². The maximum atomic E-state index is 6.39. The van der Waals surface area contributed by atoms with Crippen molar-refractivity contribution in [3.63, 3.8) is 0 Å². The molecule has 102 valence electrons. The van der Waals surface area contributed by atoms with Gasteiger partial charge in [-0.25, -0.2) is 0 Å². The highest BCUT2D eigenvalue weighted by Gasteiger charge is 2.28. The molecular weight excluding hydrogens is 224 g/mol. The summed E-state index contributed by atoms with van der Waals surface area (Å²) in [7, 11) is 3.62. The average molecular weight is 250 g/mol. The Morgan fingerprint density at radius 3 is 2.33 bits per heavy atom. The van der Waals surface area contributed by atoms with Crippen molar-refractivity contribution in [2.45, 2.75) is 45.2 Å². The maximum absolute atomic E-state index is 6.39. The first-order valence-electron chi connectivity index (χ1n) is 6.45. The molecule has 0 amide bonds. The van der Waals surface area contributed by atoms with Gasteiger partial charge in [-0.2, -0.15) is 0 Å². The Morgan fingerprint density at radius 2 is 1.89 bits per heavy atom. The van der Waals surface area contributed by atoms with Crippen LogP contribution in [0.1, 0.15) is 50.8 Å². The number of methoxy groups -OCH3 is 1. The van der Waals surface area contributed by atoms with Gasteiger partial charge in [0.05, 0.1) is 13.2 Å². The molecule has 1 unspecified atom stereocenters. The lowest BCUT2D eigenvalue weighted by molar-refractivity contribution is 0.333. The summed E-state index contributed by atoms with van der Waals surface area (Å²) in [5.74, 6) is 1.34. The van der Waals surface area contributed by atoms with Crippen LogP contribution in [-0.4, -0.2) is 19.7 Å². The molecule has 0 saturated heterocycles. The highest BCUT2D eigenvalue weighted by molar-refractivity contribution is 5.41. The van der Waals surface area contributed by atoms with Crippen LogP contribution in [-0.2, 0) is 0 Å². The first kappa shape index (κ1) is 15.0. The Morgan fingerprint density at radius 1 is 1.28 bits per heavy atom. The average Bonchev–Trinajstić information content (AvgIpc) is 2.36. The van der Waals surface area contributed by atoms with E-state index in [1.54, 1.807) is 7.11 Å². The number of rotatable bonds is 5. The minimum atomic E-state index is -0.178. The van der Waals surface area contributed by atoms with E-state index in [-0.39, 0.29) is 11.6 Å². The van der Waals surface area contributed by atoms with Crippen molar-refractivity contribution < 1.29 is 4.74 Å². The number of hydrogen-bond donors (Lipinski definition) is 2. The summed E-state index contributed by atoms with van der Waals surface area (Å²) in [5, 5.41) is 3.26. The van der Waals surface area contributed by atoms with E-state index in [9.17, 15) is 0 Å². The van der Waals surface area contributed by atoms with Crippen molar-refractivity contribution in [1.82, 2.24) is 5.32 Å². The van der Waals surface area contributed by atoms with Crippen LogP contribution in [0.2, 0.25) is 0 Å². The molecule has 1 aromatic rings. The molecule has 18 heavy (non-hydrogen) atoms. The number of hydrogen-bond acceptors (Lipinski definition) is 3. The Kier molecular flexibility index (Phi) is 4.77. The van der Waals surface area contributed by atoms with E-state index >= 15 is 0 Å². The van der Waals surface area contributed by atoms with Gasteiger partial charge in [0.25, 0.3) is 0 Å². The molecule has 3 N–H and O–H groups in total. The fraction of sp³-hybridized carbons (Fsp3) is 0.600. The van der Waals surface area contributed by atoms with Crippen LogP contribution in [0, 0.1) is 0 Å². The zero-order valence-corrected chi connectivity index (χ0v) is 12.4. The van der Waals surface area contributed by atoms with Crippen molar-refractivity contribution in [2.75, 3.05) is 14.2 Å². The lowest BCUT2D eigenvalue weighted by Crippen LogP contribution is -2.46. The van der Waals surface area contributed by atoms with E-state index in [1.165, 1.54) is 5.56 Å². The fourth-order valence-corrected chi connectivity index (χ4v) is 1.90. The Labute approximate surface area is 111 Å². The number of benzene rings is 1. The third kappa shape index (κ3) is 3.03. The molecule has 0 spiro atoms. The number of nitrogens with two attached hydrogens (primary N) is 1. The van der Waals surface area contributed by atoms with E-state index in [0.717, 1.165) is 11.3 Å². The molecule has 1 rings (SSSR count). The monoisotopic (exact) mass is 250 g/mol. The second-order valence-electron chi connectivity index (χ2n) is 5.61. The quantitative estimate of drug-likeness (QED) is 0.844. The molecule has 1 atom stereocenters. The smallest absolute Gasteiger partial charge is 0.123 e. The predicted molar refractivity (Wildman–Crippen MR) is 77.2 cm³/mol. The Balaban J connectivity index is 3.23. The second-order valence-corrected chi connectivity index (χ2v) is 5.61. The van der Waals surface area contributed by atoms with E-state index in [4.69, 9.17) is 10.5 Å². The number of ether oxygens (including phenoxy) is 1. The van der Waals surface area contributed by atoms with E-state index in [0.29, 0.717) is 5.92 Å². The van der Waals surface area contributed by atoms with Crippen molar-refractivity contribution >= 4 is 0 Å². The van der Waals surface area contributed by atoms with Crippen molar-refractivity contribution in [3.8, 4) is 5.75 Å². The summed E-state index contributed by atoms with van der Waals surface area (Å²) in [6, 6.07) is 6.16.